The molecule has 0 atom stereocenters. The minimum atomic E-state index is -1.07. The third-order valence-corrected chi connectivity index (χ3v) is 3.92. The molecule has 122 valence electrons. The van der Waals surface area contributed by atoms with Gasteiger partial charge < -0.3 is 15.3 Å². The maximum atomic E-state index is 12.5. The van der Waals surface area contributed by atoms with Gasteiger partial charge in [0.1, 0.15) is 5.54 Å². The average molecular weight is 298 g/mol. The van der Waals surface area contributed by atoms with Crippen LogP contribution in [0.25, 0.3) is 0 Å². The van der Waals surface area contributed by atoms with Crippen LogP contribution in [0, 0.1) is 11.8 Å². The Balaban J connectivity index is 2.79. The molecule has 0 aliphatic heterocycles. The number of hydrogen-bond acceptors (Lipinski definition) is 2. The molecule has 0 aromatic carbocycles. The second-order valence-corrected chi connectivity index (χ2v) is 7.07. The highest BCUT2D eigenvalue weighted by atomic mass is 16.4. The smallest absolute Gasteiger partial charge is 0.329 e. The summed E-state index contributed by atoms with van der Waals surface area (Å²) >= 11 is 0. The van der Waals surface area contributed by atoms with E-state index in [0.717, 1.165) is 19.3 Å². The summed E-state index contributed by atoms with van der Waals surface area (Å²) in [5.41, 5.74) is -1.07. The lowest BCUT2D eigenvalue weighted by Gasteiger charge is -2.37. The van der Waals surface area contributed by atoms with Gasteiger partial charge in [0.15, 0.2) is 0 Å². The van der Waals surface area contributed by atoms with Crippen LogP contribution in [0.5, 0.6) is 0 Å². The van der Waals surface area contributed by atoms with E-state index < -0.39 is 11.5 Å². The predicted octanol–water partition coefficient (Wildman–Crippen LogP) is 3.10. The number of nitrogens with zero attached hydrogens (tertiary/aromatic N) is 1. The summed E-state index contributed by atoms with van der Waals surface area (Å²) in [5, 5.41) is 12.4. The van der Waals surface area contributed by atoms with E-state index in [1.807, 2.05) is 0 Å². The third kappa shape index (κ3) is 5.21. The lowest BCUT2D eigenvalue weighted by atomic mass is 9.82. The lowest BCUT2D eigenvalue weighted by Crippen LogP contribution is -2.59. The van der Waals surface area contributed by atoms with Crippen molar-refractivity contribution in [3.05, 3.63) is 0 Å². The van der Waals surface area contributed by atoms with Gasteiger partial charge in [-0.2, -0.15) is 0 Å². The number of carbonyl (C=O) groups excluding carboxylic acids is 1. The number of hydrogen-bond donors (Lipinski definition) is 2. The predicted molar refractivity (Wildman–Crippen MR) is 83.2 cm³/mol. The summed E-state index contributed by atoms with van der Waals surface area (Å²) < 4.78 is 0. The van der Waals surface area contributed by atoms with Crippen molar-refractivity contribution >= 4 is 12.0 Å². The van der Waals surface area contributed by atoms with E-state index in [0.29, 0.717) is 37.8 Å². The van der Waals surface area contributed by atoms with Crippen molar-refractivity contribution in [1.29, 1.82) is 0 Å². The molecule has 1 aliphatic carbocycles. The Morgan fingerprint density at radius 2 is 1.52 bits per heavy atom. The Morgan fingerprint density at radius 3 is 1.90 bits per heavy atom. The molecular formula is C16H30N2O3. The van der Waals surface area contributed by atoms with Crippen molar-refractivity contribution in [2.24, 2.45) is 11.8 Å². The number of urea groups is 1. The number of nitrogens with one attached hydrogen (secondary N) is 1. The molecule has 0 spiro atoms. The topological polar surface area (TPSA) is 69.6 Å². The van der Waals surface area contributed by atoms with Gasteiger partial charge in [-0.15, -0.1) is 0 Å². The number of amides is 2. The van der Waals surface area contributed by atoms with Gasteiger partial charge in [-0.25, -0.2) is 9.59 Å². The summed E-state index contributed by atoms with van der Waals surface area (Å²) in [6.07, 6.45) is 3.84. The molecule has 21 heavy (non-hydrogen) atoms. The number of aliphatic carboxylic acids is 1. The van der Waals surface area contributed by atoms with Gasteiger partial charge in [0.05, 0.1) is 0 Å². The van der Waals surface area contributed by atoms with E-state index in [4.69, 9.17) is 0 Å². The van der Waals surface area contributed by atoms with E-state index in [1.165, 1.54) is 0 Å². The first-order chi connectivity index (χ1) is 9.77. The van der Waals surface area contributed by atoms with Crippen LogP contribution in [-0.2, 0) is 4.79 Å². The SMILES string of the molecule is CC(C)CN(CC(C)C)C(=O)NC1(C(=O)O)CCCCC1. The van der Waals surface area contributed by atoms with Crippen molar-refractivity contribution in [3.63, 3.8) is 0 Å². The first-order valence-corrected chi connectivity index (χ1v) is 8.07. The number of carbonyl (C=O) groups is 2. The standard InChI is InChI=1S/C16H30N2O3/c1-12(2)10-18(11-13(3)4)15(21)17-16(14(19)20)8-6-5-7-9-16/h12-13H,5-11H2,1-4H3,(H,17,21)(H,19,20). The van der Waals surface area contributed by atoms with Gasteiger partial charge in [0.2, 0.25) is 0 Å². The molecule has 0 unspecified atom stereocenters. The molecule has 0 radical (unpaired) electrons. The van der Waals surface area contributed by atoms with Gasteiger partial charge in [0, 0.05) is 13.1 Å². The molecule has 5 nitrogen and oxygen atoms in total. The van der Waals surface area contributed by atoms with Crippen molar-refractivity contribution in [1.82, 2.24) is 10.2 Å². The van der Waals surface area contributed by atoms with Crippen molar-refractivity contribution in [2.45, 2.75) is 65.3 Å². The molecule has 2 N–H and O–H groups in total. The molecule has 1 aliphatic rings. The molecule has 0 saturated heterocycles. The second-order valence-electron chi connectivity index (χ2n) is 7.07. The fraction of sp³-hybridized carbons (Fsp3) is 0.875. The third-order valence-electron chi connectivity index (χ3n) is 3.92. The number of carboxylic acid groups (broad SMARTS) is 1. The maximum absolute atomic E-state index is 12.5. The van der Waals surface area contributed by atoms with Gasteiger partial charge in [-0.1, -0.05) is 47.0 Å². The van der Waals surface area contributed by atoms with Crippen LogP contribution < -0.4 is 5.32 Å². The lowest BCUT2D eigenvalue weighted by molar-refractivity contribution is -0.146. The van der Waals surface area contributed by atoms with E-state index in [-0.39, 0.29) is 6.03 Å². The monoisotopic (exact) mass is 298 g/mol. The van der Waals surface area contributed by atoms with E-state index >= 15 is 0 Å². The Kier molecular flexibility index (Phi) is 6.49. The van der Waals surface area contributed by atoms with Crippen LogP contribution in [0.1, 0.15) is 59.8 Å². The zero-order valence-electron chi connectivity index (χ0n) is 13.8. The molecule has 2 amide bonds. The van der Waals surface area contributed by atoms with Crippen LogP contribution in [0.15, 0.2) is 0 Å². The molecule has 1 saturated carbocycles. The Labute approximate surface area is 128 Å². The Morgan fingerprint density at radius 1 is 1.05 bits per heavy atom. The molecule has 0 aromatic rings. The van der Waals surface area contributed by atoms with Crippen LogP contribution in [0.2, 0.25) is 0 Å². The zero-order chi connectivity index (χ0) is 16.0. The van der Waals surface area contributed by atoms with Crippen molar-refractivity contribution < 1.29 is 14.7 Å². The summed E-state index contributed by atoms with van der Waals surface area (Å²) in [4.78, 5) is 25.9. The fourth-order valence-corrected chi connectivity index (χ4v) is 2.95. The Hall–Kier alpha value is -1.26. The minimum absolute atomic E-state index is 0.235. The van der Waals surface area contributed by atoms with Gasteiger partial charge in [-0.05, 0) is 24.7 Å². The highest BCUT2D eigenvalue weighted by Gasteiger charge is 2.41. The van der Waals surface area contributed by atoms with Crippen LogP contribution in [-0.4, -0.2) is 40.6 Å². The first-order valence-electron chi connectivity index (χ1n) is 8.07. The Bertz CT molecular complexity index is 351. The zero-order valence-corrected chi connectivity index (χ0v) is 13.8. The summed E-state index contributed by atoms with van der Waals surface area (Å²) in [6.45, 7) is 9.56. The summed E-state index contributed by atoms with van der Waals surface area (Å²) in [5.74, 6) is -0.173. The largest absolute Gasteiger partial charge is 0.480 e. The molecule has 0 heterocycles. The van der Waals surface area contributed by atoms with Gasteiger partial charge >= 0.3 is 12.0 Å². The molecular weight excluding hydrogens is 268 g/mol. The van der Waals surface area contributed by atoms with E-state index in [2.05, 4.69) is 33.0 Å². The fourth-order valence-electron chi connectivity index (χ4n) is 2.95. The van der Waals surface area contributed by atoms with Crippen molar-refractivity contribution in [3.8, 4) is 0 Å². The second kappa shape index (κ2) is 7.66. The van der Waals surface area contributed by atoms with Crippen molar-refractivity contribution in [2.75, 3.05) is 13.1 Å². The number of carboxylic acids is 1. The molecule has 1 fully saturated rings. The minimum Gasteiger partial charge on any atom is -0.480 e. The van der Waals surface area contributed by atoms with Gasteiger partial charge in [-0.3, -0.25) is 0 Å². The van der Waals surface area contributed by atoms with Crippen LogP contribution in [0.3, 0.4) is 0 Å². The first kappa shape index (κ1) is 17.8. The molecule has 1 rings (SSSR count). The maximum Gasteiger partial charge on any atom is 0.329 e. The molecule has 0 aromatic heterocycles. The summed E-state index contributed by atoms with van der Waals surface area (Å²) in [6, 6.07) is -0.235. The molecule has 5 heteroatoms. The highest BCUT2D eigenvalue weighted by Crippen LogP contribution is 2.28. The summed E-state index contributed by atoms with van der Waals surface area (Å²) in [7, 11) is 0. The van der Waals surface area contributed by atoms with E-state index in [9.17, 15) is 14.7 Å². The molecule has 0 bridgehead atoms. The van der Waals surface area contributed by atoms with Gasteiger partial charge in [0.25, 0.3) is 0 Å². The normalized spacial score (nSPS) is 17.8. The average Bonchev–Trinajstić information content (AvgIpc) is 2.37. The van der Waals surface area contributed by atoms with Crippen LogP contribution >= 0.6 is 0 Å². The van der Waals surface area contributed by atoms with E-state index in [1.54, 1.807) is 4.90 Å². The number of rotatable bonds is 6. The van der Waals surface area contributed by atoms with Crippen LogP contribution in [0.4, 0.5) is 4.79 Å². The quantitative estimate of drug-likeness (QED) is 0.791. The highest BCUT2D eigenvalue weighted by molar-refractivity contribution is 5.86.